The van der Waals surface area contributed by atoms with Gasteiger partial charge in [-0.25, -0.2) is 19.7 Å². The number of aliphatic hydroxyl groups is 1. The molecular formula is C13H17ClN8O2. The average Bonchev–Trinajstić information content (AvgIpc) is 3.25. The lowest BCUT2D eigenvalue weighted by Crippen LogP contribution is -2.40. The summed E-state index contributed by atoms with van der Waals surface area (Å²) in [7, 11) is 0. The van der Waals surface area contributed by atoms with Gasteiger partial charge in [-0.15, -0.1) is 17.5 Å². The van der Waals surface area contributed by atoms with Crippen LogP contribution in [0.15, 0.2) is 31.0 Å². The quantitative estimate of drug-likeness (QED) is 0.754. The van der Waals surface area contributed by atoms with Crippen LogP contribution in [0.3, 0.4) is 0 Å². The molecule has 0 saturated carbocycles. The average molecular weight is 353 g/mol. The first-order valence-corrected chi connectivity index (χ1v) is 7.28. The Hall–Kier alpha value is -2.43. The third kappa shape index (κ3) is 2.98. The number of morpholine rings is 1. The van der Waals surface area contributed by atoms with E-state index in [0.29, 0.717) is 24.7 Å². The summed E-state index contributed by atoms with van der Waals surface area (Å²) >= 11 is 0. The van der Waals surface area contributed by atoms with Gasteiger partial charge in [0.25, 0.3) is 0 Å². The Labute approximate surface area is 144 Å². The molecule has 4 heterocycles. The number of halogens is 1. The summed E-state index contributed by atoms with van der Waals surface area (Å²) in [5.41, 5.74) is 3.55. The van der Waals surface area contributed by atoms with Crippen LogP contribution in [-0.2, 0) is 4.74 Å². The molecule has 0 aromatic carbocycles. The fourth-order valence-corrected chi connectivity index (χ4v) is 2.57. The van der Waals surface area contributed by atoms with Crippen molar-refractivity contribution in [1.29, 1.82) is 0 Å². The molecule has 0 bridgehead atoms. The summed E-state index contributed by atoms with van der Waals surface area (Å²) in [6.07, 6.45) is 5.44. The van der Waals surface area contributed by atoms with Crippen LogP contribution >= 0.6 is 12.4 Å². The van der Waals surface area contributed by atoms with Gasteiger partial charge in [0.1, 0.15) is 17.8 Å². The van der Waals surface area contributed by atoms with Crippen LogP contribution < -0.4 is 15.3 Å². The third-order valence-corrected chi connectivity index (χ3v) is 3.77. The Balaban J connectivity index is 0.00000169. The zero-order chi connectivity index (χ0) is 15.6. The first-order chi connectivity index (χ1) is 11.3. The molecule has 1 unspecified atom stereocenters. The first kappa shape index (κ1) is 16.4. The minimum Gasteiger partial charge on any atom is -0.378 e. The highest BCUT2D eigenvalue weighted by Crippen LogP contribution is 2.24. The summed E-state index contributed by atoms with van der Waals surface area (Å²) in [6, 6.07) is 1.83. The van der Waals surface area contributed by atoms with E-state index in [1.807, 2.05) is 6.07 Å². The maximum absolute atomic E-state index is 10.5. The maximum Gasteiger partial charge on any atom is 0.192 e. The number of hydrogen-bond acceptors (Lipinski definition) is 9. The molecule has 0 spiro atoms. The van der Waals surface area contributed by atoms with E-state index >= 15 is 0 Å². The number of anilines is 2. The Bertz CT molecular complexity index is 704. The van der Waals surface area contributed by atoms with Crippen LogP contribution in [0, 0.1) is 0 Å². The molecule has 128 valence electrons. The third-order valence-electron chi connectivity index (χ3n) is 3.77. The molecule has 2 aliphatic rings. The summed E-state index contributed by atoms with van der Waals surface area (Å²) in [5.74, 6) is 1.38. The van der Waals surface area contributed by atoms with Gasteiger partial charge >= 0.3 is 0 Å². The van der Waals surface area contributed by atoms with E-state index in [-0.39, 0.29) is 12.4 Å². The van der Waals surface area contributed by atoms with Crippen molar-refractivity contribution in [2.45, 2.75) is 6.23 Å². The van der Waals surface area contributed by atoms with Crippen molar-refractivity contribution < 1.29 is 9.84 Å². The summed E-state index contributed by atoms with van der Waals surface area (Å²) in [6.45, 7) is 2.94. The van der Waals surface area contributed by atoms with Gasteiger partial charge in [-0.1, -0.05) is 5.21 Å². The topological polar surface area (TPSA) is 104 Å². The second-order valence-corrected chi connectivity index (χ2v) is 5.12. The van der Waals surface area contributed by atoms with Gasteiger partial charge in [0, 0.05) is 25.4 Å². The smallest absolute Gasteiger partial charge is 0.192 e. The number of rotatable bonds is 3. The van der Waals surface area contributed by atoms with E-state index in [1.165, 1.54) is 11.0 Å². The van der Waals surface area contributed by atoms with Crippen LogP contribution in [0.4, 0.5) is 11.6 Å². The molecule has 1 atom stereocenters. The SMILES string of the molecule is Cl.OC1C(n2ccnn2)=CNN1c1cc(N2CCOCC2)ncn1. The van der Waals surface area contributed by atoms with E-state index in [2.05, 4.69) is 30.6 Å². The second kappa shape index (κ2) is 6.99. The molecule has 0 aliphatic carbocycles. The monoisotopic (exact) mass is 352 g/mol. The van der Waals surface area contributed by atoms with Gasteiger partial charge in [0.15, 0.2) is 12.0 Å². The lowest BCUT2D eigenvalue weighted by Gasteiger charge is -2.29. The fraction of sp³-hybridized carbons (Fsp3) is 0.385. The minimum absolute atomic E-state index is 0. The van der Waals surface area contributed by atoms with Gasteiger partial charge in [0.2, 0.25) is 0 Å². The minimum atomic E-state index is -0.927. The molecule has 2 aromatic heterocycles. The molecule has 2 aromatic rings. The molecule has 0 radical (unpaired) electrons. The number of aliphatic hydroxyl groups excluding tert-OH is 1. The largest absolute Gasteiger partial charge is 0.378 e. The van der Waals surface area contributed by atoms with E-state index < -0.39 is 6.23 Å². The second-order valence-electron chi connectivity index (χ2n) is 5.12. The number of hydrazine groups is 1. The van der Waals surface area contributed by atoms with Gasteiger partial charge in [-0.2, -0.15) is 0 Å². The first-order valence-electron chi connectivity index (χ1n) is 7.28. The lowest BCUT2D eigenvalue weighted by atomic mass is 10.3. The zero-order valence-electron chi connectivity index (χ0n) is 12.7. The van der Waals surface area contributed by atoms with Crippen LogP contribution in [0.25, 0.3) is 5.70 Å². The molecule has 24 heavy (non-hydrogen) atoms. The highest BCUT2D eigenvalue weighted by atomic mass is 35.5. The Kier molecular flexibility index (Phi) is 4.79. The predicted octanol–water partition coefficient (Wildman–Crippen LogP) is -0.532. The van der Waals surface area contributed by atoms with E-state index in [1.54, 1.807) is 23.6 Å². The van der Waals surface area contributed by atoms with Crippen molar-refractivity contribution in [2.24, 2.45) is 0 Å². The van der Waals surface area contributed by atoms with Crippen molar-refractivity contribution >= 4 is 29.7 Å². The Morgan fingerprint density at radius 1 is 1.21 bits per heavy atom. The lowest BCUT2D eigenvalue weighted by molar-refractivity contribution is 0.122. The van der Waals surface area contributed by atoms with Crippen molar-refractivity contribution in [3.63, 3.8) is 0 Å². The van der Waals surface area contributed by atoms with Gasteiger partial charge in [0.05, 0.1) is 25.6 Å². The van der Waals surface area contributed by atoms with Crippen LogP contribution in [0.1, 0.15) is 0 Å². The molecule has 4 rings (SSSR count). The number of ether oxygens (including phenoxy) is 1. The molecule has 10 nitrogen and oxygen atoms in total. The molecule has 1 fully saturated rings. The number of aromatic nitrogens is 5. The Morgan fingerprint density at radius 3 is 2.75 bits per heavy atom. The maximum atomic E-state index is 10.5. The fourth-order valence-electron chi connectivity index (χ4n) is 2.57. The van der Waals surface area contributed by atoms with Crippen molar-refractivity contribution in [1.82, 2.24) is 30.4 Å². The summed E-state index contributed by atoms with van der Waals surface area (Å²) in [5, 5.41) is 19.7. The van der Waals surface area contributed by atoms with Gasteiger partial charge in [-0.05, 0) is 0 Å². The normalized spacial score (nSPS) is 20.4. The summed E-state index contributed by atoms with van der Waals surface area (Å²) in [4.78, 5) is 10.7. The number of nitrogens with one attached hydrogen (secondary N) is 1. The summed E-state index contributed by atoms with van der Waals surface area (Å²) < 4.78 is 6.85. The van der Waals surface area contributed by atoms with E-state index in [9.17, 15) is 5.11 Å². The molecule has 0 amide bonds. The van der Waals surface area contributed by atoms with Crippen molar-refractivity contribution in [3.8, 4) is 0 Å². The molecule has 2 aliphatic heterocycles. The number of nitrogens with zero attached hydrogens (tertiary/aromatic N) is 7. The van der Waals surface area contributed by atoms with Crippen LogP contribution in [-0.4, -0.2) is 62.6 Å². The molecular weight excluding hydrogens is 336 g/mol. The predicted molar refractivity (Wildman–Crippen MR) is 88.2 cm³/mol. The van der Waals surface area contributed by atoms with Crippen LogP contribution in [0.2, 0.25) is 0 Å². The Morgan fingerprint density at radius 2 is 2.00 bits per heavy atom. The molecule has 2 N–H and O–H groups in total. The highest BCUT2D eigenvalue weighted by molar-refractivity contribution is 5.85. The molecule has 11 heteroatoms. The standard InChI is InChI=1S/C13H16N8O2.ClH/c22-13-10(20-2-1-16-18-20)8-17-21(13)12-7-11(14-9-15-12)19-3-5-23-6-4-19;/h1-2,7-9,13,17,22H,3-6H2;1H. The van der Waals surface area contributed by atoms with E-state index in [0.717, 1.165) is 18.9 Å². The van der Waals surface area contributed by atoms with Gasteiger partial charge in [-0.3, -0.25) is 5.43 Å². The van der Waals surface area contributed by atoms with Crippen molar-refractivity contribution in [3.05, 3.63) is 31.0 Å². The highest BCUT2D eigenvalue weighted by Gasteiger charge is 2.29. The molecule has 1 saturated heterocycles. The van der Waals surface area contributed by atoms with Crippen molar-refractivity contribution in [2.75, 3.05) is 36.2 Å². The van der Waals surface area contributed by atoms with E-state index in [4.69, 9.17) is 4.74 Å². The zero-order valence-corrected chi connectivity index (χ0v) is 13.5. The van der Waals surface area contributed by atoms with Gasteiger partial charge < -0.3 is 14.7 Å². The number of hydrogen-bond donors (Lipinski definition) is 2. The van der Waals surface area contributed by atoms with Crippen LogP contribution in [0.5, 0.6) is 0 Å².